The van der Waals surface area contributed by atoms with Crippen LogP contribution in [0.15, 0.2) is 28.9 Å². The van der Waals surface area contributed by atoms with Crippen LogP contribution in [0.1, 0.15) is 59.8 Å². The molecule has 2 aliphatic heterocycles. The molecule has 25 heavy (non-hydrogen) atoms. The number of carbonyl (C=O) groups excluding carboxylic acids is 1. The first-order valence-electron chi connectivity index (χ1n) is 8.96. The number of aromatic nitrogens is 3. The number of carbonyl (C=O) groups is 1. The van der Waals surface area contributed by atoms with Gasteiger partial charge in [-0.05, 0) is 37.8 Å². The number of hydrogen-bond donors (Lipinski definition) is 0. The fourth-order valence-corrected chi connectivity index (χ4v) is 3.85. The van der Waals surface area contributed by atoms with Crippen molar-refractivity contribution in [3.05, 3.63) is 41.9 Å². The number of hydrogen-bond acceptors (Lipinski definition) is 6. The predicted octanol–water partition coefficient (Wildman–Crippen LogP) is 2.33. The van der Waals surface area contributed by atoms with Crippen LogP contribution in [0.3, 0.4) is 0 Å². The molecule has 3 aliphatic rings. The number of fused-ring (bicyclic) bond motifs is 1. The lowest BCUT2D eigenvalue weighted by Crippen LogP contribution is -2.44. The zero-order valence-corrected chi connectivity index (χ0v) is 13.9. The summed E-state index contributed by atoms with van der Waals surface area (Å²) in [6.45, 7) is 1.43. The lowest BCUT2D eigenvalue weighted by Gasteiger charge is -2.34. The first-order chi connectivity index (χ1) is 12.3. The van der Waals surface area contributed by atoms with E-state index >= 15 is 0 Å². The average Bonchev–Trinajstić information content (AvgIpc) is 3.23. The second-order valence-corrected chi connectivity index (χ2v) is 7.19. The van der Waals surface area contributed by atoms with Crippen molar-refractivity contribution in [2.75, 3.05) is 13.1 Å². The van der Waals surface area contributed by atoms with Gasteiger partial charge in [0.05, 0.1) is 6.10 Å². The summed E-state index contributed by atoms with van der Waals surface area (Å²) in [5.41, 5.74) is 0.690. The van der Waals surface area contributed by atoms with Gasteiger partial charge in [-0.1, -0.05) is 0 Å². The minimum atomic E-state index is -0.133. The van der Waals surface area contributed by atoms with E-state index in [4.69, 9.17) is 9.15 Å². The third-order valence-corrected chi connectivity index (χ3v) is 5.39. The Labute approximate surface area is 145 Å². The quantitative estimate of drug-likeness (QED) is 0.853. The molecule has 130 valence electrons. The van der Waals surface area contributed by atoms with E-state index in [9.17, 15) is 4.79 Å². The molecule has 0 N–H and O–H groups in total. The lowest BCUT2D eigenvalue weighted by atomic mass is 9.92. The fourth-order valence-electron chi connectivity index (χ4n) is 3.85. The van der Waals surface area contributed by atoms with Gasteiger partial charge in [0.25, 0.3) is 5.91 Å². The number of ether oxygens (including phenoxy) is 1. The molecule has 2 aromatic heterocycles. The van der Waals surface area contributed by atoms with Gasteiger partial charge in [0.1, 0.15) is 6.10 Å². The average molecular weight is 340 g/mol. The smallest absolute Gasteiger partial charge is 0.253 e. The summed E-state index contributed by atoms with van der Waals surface area (Å²) in [7, 11) is 0. The zero-order valence-electron chi connectivity index (χ0n) is 13.9. The Kier molecular flexibility index (Phi) is 3.55. The topological polar surface area (TPSA) is 81.4 Å². The Morgan fingerprint density at radius 3 is 2.72 bits per heavy atom. The Balaban J connectivity index is 1.26. The molecule has 2 saturated heterocycles. The summed E-state index contributed by atoms with van der Waals surface area (Å²) in [6, 6.07) is 3.53. The molecule has 4 heterocycles. The van der Waals surface area contributed by atoms with E-state index < -0.39 is 0 Å². The first-order valence-corrected chi connectivity index (χ1v) is 8.96. The van der Waals surface area contributed by atoms with Crippen LogP contribution in [0.2, 0.25) is 0 Å². The fraction of sp³-hybridized carbons (Fsp3) is 0.556. The highest BCUT2D eigenvalue weighted by Crippen LogP contribution is 2.43. The van der Waals surface area contributed by atoms with E-state index in [1.165, 1.54) is 0 Å². The SMILES string of the molecule is O=C(c1ccncc1)N1CC[C@H]2O[C@@H](c3nnc(C4CC4)o3)C[C@H]2C1. The van der Waals surface area contributed by atoms with Gasteiger partial charge < -0.3 is 14.1 Å². The highest BCUT2D eigenvalue weighted by atomic mass is 16.5. The standard InChI is InChI=1S/C18H20N4O3/c23-18(12-3-6-19-7-4-12)22-8-5-14-13(10-22)9-15(24-14)17-21-20-16(25-17)11-1-2-11/h3-4,6-7,11,13-15H,1-2,5,8-10H2/t13-,14+,15+/m0/s1. The Bertz CT molecular complexity index is 774. The van der Waals surface area contributed by atoms with Gasteiger partial charge in [0, 0.05) is 42.9 Å². The Morgan fingerprint density at radius 1 is 1.12 bits per heavy atom. The van der Waals surface area contributed by atoms with Gasteiger partial charge in [-0.15, -0.1) is 10.2 Å². The minimum absolute atomic E-state index is 0.0677. The molecule has 0 bridgehead atoms. The van der Waals surface area contributed by atoms with Gasteiger partial charge in [-0.2, -0.15) is 0 Å². The molecule has 0 radical (unpaired) electrons. The minimum Gasteiger partial charge on any atom is -0.422 e. The molecule has 3 fully saturated rings. The molecule has 1 aliphatic carbocycles. The predicted molar refractivity (Wildman–Crippen MR) is 86.8 cm³/mol. The van der Waals surface area contributed by atoms with E-state index in [1.807, 2.05) is 4.90 Å². The second kappa shape index (κ2) is 5.91. The third-order valence-electron chi connectivity index (χ3n) is 5.39. The van der Waals surface area contributed by atoms with Crippen molar-refractivity contribution in [1.29, 1.82) is 0 Å². The maximum Gasteiger partial charge on any atom is 0.253 e. The summed E-state index contributed by atoms with van der Waals surface area (Å²) in [6.07, 6.45) is 7.31. The summed E-state index contributed by atoms with van der Waals surface area (Å²) in [5.74, 6) is 2.20. The summed E-state index contributed by atoms with van der Waals surface area (Å²) in [4.78, 5) is 18.5. The molecule has 7 nitrogen and oxygen atoms in total. The monoisotopic (exact) mass is 340 g/mol. The van der Waals surface area contributed by atoms with Crippen molar-refractivity contribution >= 4 is 5.91 Å². The summed E-state index contributed by atoms with van der Waals surface area (Å²) < 4.78 is 12.0. The maximum atomic E-state index is 12.6. The van der Waals surface area contributed by atoms with Crippen molar-refractivity contribution < 1.29 is 13.9 Å². The first kappa shape index (κ1) is 15.0. The Hall–Kier alpha value is -2.28. The van der Waals surface area contributed by atoms with Crippen LogP contribution < -0.4 is 0 Å². The van der Waals surface area contributed by atoms with Gasteiger partial charge in [0.2, 0.25) is 11.8 Å². The lowest BCUT2D eigenvalue weighted by molar-refractivity contribution is -0.00641. The molecule has 0 aromatic carbocycles. The molecule has 5 rings (SSSR count). The van der Waals surface area contributed by atoms with Crippen molar-refractivity contribution in [2.45, 2.75) is 43.8 Å². The highest BCUT2D eigenvalue weighted by molar-refractivity contribution is 5.94. The Morgan fingerprint density at radius 2 is 1.92 bits per heavy atom. The second-order valence-electron chi connectivity index (χ2n) is 7.19. The van der Waals surface area contributed by atoms with Gasteiger partial charge >= 0.3 is 0 Å². The van der Waals surface area contributed by atoms with Crippen LogP contribution in [0.25, 0.3) is 0 Å². The third kappa shape index (κ3) is 2.82. The van der Waals surface area contributed by atoms with Crippen molar-refractivity contribution in [1.82, 2.24) is 20.1 Å². The molecular formula is C18H20N4O3. The van der Waals surface area contributed by atoms with Crippen molar-refractivity contribution in [2.24, 2.45) is 5.92 Å². The molecule has 1 amide bonds. The number of pyridine rings is 1. The molecule has 0 spiro atoms. The zero-order chi connectivity index (χ0) is 16.8. The van der Waals surface area contributed by atoms with Crippen LogP contribution in [-0.4, -0.2) is 45.2 Å². The summed E-state index contributed by atoms with van der Waals surface area (Å²) in [5, 5.41) is 8.35. The van der Waals surface area contributed by atoms with Crippen LogP contribution in [-0.2, 0) is 4.74 Å². The normalized spacial score (nSPS) is 28.8. The number of piperidine rings is 1. The van der Waals surface area contributed by atoms with Crippen molar-refractivity contribution in [3.8, 4) is 0 Å². The van der Waals surface area contributed by atoms with E-state index in [-0.39, 0.29) is 18.1 Å². The number of rotatable bonds is 3. The van der Waals surface area contributed by atoms with Crippen LogP contribution >= 0.6 is 0 Å². The molecule has 0 unspecified atom stereocenters. The van der Waals surface area contributed by atoms with E-state index in [0.717, 1.165) is 31.6 Å². The van der Waals surface area contributed by atoms with Crippen LogP contribution in [0.4, 0.5) is 0 Å². The molecule has 2 aromatic rings. The van der Waals surface area contributed by atoms with E-state index in [0.29, 0.717) is 36.4 Å². The number of amides is 1. The van der Waals surface area contributed by atoms with E-state index in [2.05, 4.69) is 15.2 Å². The molecular weight excluding hydrogens is 320 g/mol. The van der Waals surface area contributed by atoms with Gasteiger partial charge in [-0.25, -0.2) is 0 Å². The molecule has 3 atom stereocenters. The van der Waals surface area contributed by atoms with Gasteiger partial charge in [-0.3, -0.25) is 9.78 Å². The van der Waals surface area contributed by atoms with Crippen LogP contribution in [0, 0.1) is 5.92 Å². The van der Waals surface area contributed by atoms with Crippen molar-refractivity contribution in [3.63, 3.8) is 0 Å². The van der Waals surface area contributed by atoms with E-state index in [1.54, 1.807) is 24.5 Å². The maximum absolute atomic E-state index is 12.6. The number of nitrogens with zero attached hydrogens (tertiary/aromatic N) is 4. The highest BCUT2D eigenvalue weighted by Gasteiger charge is 2.43. The molecule has 1 saturated carbocycles. The largest absolute Gasteiger partial charge is 0.422 e. The van der Waals surface area contributed by atoms with Gasteiger partial charge in [0.15, 0.2) is 0 Å². The molecule has 7 heteroatoms. The number of likely N-dealkylation sites (tertiary alicyclic amines) is 1. The summed E-state index contributed by atoms with van der Waals surface area (Å²) >= 11 is 0. The van der Waals surface area contributed by atoms with Crippen LogP contribution in [0.5, 0.6) is 0 Å².